The number of aliphatic hydroxyl groups excluding tert-OH is 1. The average molecular weight is 279 g/mol. The Morgan fingerprint density at radius 1 is 1.50 bits per heavy atom. The standard InChI is InChI=1S/C16H25NO3/c1-2-19-15-10-14(16(15)7-3-4-8-16)17-11-12(18)13-6-5-9-20-13/h5-6,9,12,14-15,17-18H,2-4,7-8,10-11H2,1H3/t12-,14-,15+/m0/s1. The Morgan fingerprint density at radius 3 is 2.95 bits per heavy atom. The van der Waals surface area contributed by atoms with Gasteiger partial charge >= 0.3 is 0 Å². The normalized spacial score (nSPS) is 29.5. The number of nitrogens with one attached hydrogen (secondary N) is 1. The zero-order valence-corrected chi connectivity index (χ0v) is 12.2. The van der Waals surface area contributed by atoms with Gasteiger partial charge < -0.3 is 19.6 Å². The topological polar surface area (TPSA) is 54.6 Å². The van der Waals surface area contributed by atoms with Gasteiger partial charge in [-0.1, -0.05) is 12.8 Å². The van der Waals surface area contributed by atoms with E-state index >= 15 is 0 Å². The molecule has 4 nitrogen and oxygen atoms in total. The largest absolute Gasteiger partial charge is 0.467 e. The van der Waals surface area contributed by atoms with Gasteiger partial charge in [-0.05, 0) is 38.3 Å². The predicted octanol–water partition coefficient (Wildman–Crippen LogP) is 2.64. The van der Waals surface area contributed by atoms with Gasteiger partial charge in [0.2, 0.25) is 0 Å². The van der Waals surface area contributed by atoms with Crippen molar-refractivity contribution in [2.24, 2.45) is 5.41 Å². The fraction of sp³-hybridized carbons (Fsp3) is 0.750. The number of ether oxygens (including phenoxy) is 1. The van der Waals surface area contributed by atoms with E-state index in [9.17, 15) is 5.11 Å². The van der Waals surface area contributed by atoms with Gasteiger partial charge in [0.1, 0.15) is 11.9 Å². The Kier molecular flexibility index (Phi) is 4.15. The van der Waals surface area contributed by atoms with E-state index in [-0.39, 0.29) is 0 Å². The molecule has 1 heterocycles. The number of furan rings is 1. The second-order valence-electron chi connectivity index (χ2n) is 6.11. The van der Waals surface area contributed by atoms with Gasteiger partial charge in [-0.2, -0.15) is 0 Å². The quantitative estimate of drug-likeness (QED) is 0.840. The second-order valence-corrected chi connectivity index (χ2v) is 6.11. The zero-order chi connectivity index (χ0) is 14.0. The molecule has 2 fully saturated rings. The van der Waals surface area contributed by atoms with Crippen molar-refractivity contribution in [3.05, 3.63) is 24.2 Å². The molecular formula is C16H25NO3. The van der Waals surface area contributed by atoms with Crippen molar-refractivity contribution >= 4 is 0 Å². The smallest absolute Gasteiger partial charge is 0.133 e. The summed E-state index contributed by atoms with van der Waals surface area (Å²) < 4.78 is 11.1. The summed E-state index contributed by atoms with van der Waals surface area (Å²) in [7, 11) is 0. The summed E-state index contributed by atoms with van der Waals surface area (Å²) in [6.07, 6.45) is 7.65. The van der Waals surface area contributed by atoms with Gasteiger partial charge in [0, 0.05) is 24.6 Å². The molecule has 1 spiro atoms. The molecule has 0 bridgehead atoms. The van der Waals surface area contributed by atoms with Crippen LogP contribution in [0.4, 0.5) is 0 Å². The third-order valence-electron chi connectivity index (χ3n) is 5.12. The van der Waals surface area contributed by atoms with Crippen LogP contribution in [0.5, 0.6) is 0 Å². The fourth-order valence-electron chi connectivity index (χ4n) is 4.01. The summed E-state index contributed by atoms with van der Waals surface area (Å²) >= 11 is 0. The lowest BCUT2D eigenvalue weighted by molar-refractivity contribution is -0.131. The lowest BCUT2D eigenvalue weighted by Gasteiger charge is -2.54. The van der Waals surface area contributed by atoms with E-state index in [1.165, 1.54) is 25.7 Å². The van der Waals surface area contributed by atoms with E-state index < -0.39 is 6.10 Å². The summed E-state index contributed by atoms with van der Waals surface area (Å²) in [6.45, 7) is 3.43. The van der Waals surface area contributed by atoms with Crippen LogP contribution in [-0.2, 0) is 4.74 Å². The molecule has 2 saturated carbocycles. The van der Waals surface area contributed by atoms with Crippen LogP contribution in [0, 0.1) is 5.41 Å². The molecule has 0 amide bonds. The SMILES string of the molecule is CCO[C@@H]1C[C@H](NC[C@H](O)c2ccco2)C12CCCC2. The summed E-state index contributed by atoms with van der Waals surface area (Å²) in [4.78, 5) is 0. The highest BCUT2D eigenvalue weighted by Gasteiger charge is 2.56. The van der Waals surface area contributed by atoms with Crippen LogP contribution in [0.1, 0.15) is 50.9 Å². The summed E-state index contributed by atoms with van der Waals surface area (Å²) in [5.74, 6) is 0.638. The maximum Gasteiger partial charge on any atom is 0.133 e. The van der Waals surface area contributed by atoms with E-state index in [2.05, 4.69) is 12.2 Å². The number of rotatable bonds is 6. The molecule has 2 aliphatic carbocycles. The monoisotopic (exact) mass is 279 g/mol. The van der Waals surface area contributed by atoms with Crippen molar-refractivity contribution < 1.29 is 14.3 Å². The van der Waals surface area contributed by atoms with Crippen molar-refractivity contribution in [2.45, 2.75) is 57.3 Å². The van der Waals surface area contributed by atoms with E-state index in [1.54, 1.807) is 6.26 Å². The van der Waals surface area contributed by atoms with Crippen molar-refractivity contribution in [3.8, 4) is 0 Å². The van der Waals surface area contributed by atoms with Crippen LogP contribution < -0.4 is 5.32 Å². The molecule has 0 aromatic carbocycles. The van der Waals surface area contributed by atoms with Gasteiger partial charge in [0.25, 0.3) is 0 Å². The average Bonchev–Trinajstić information content (AvgIpc) is 3.13. The number of aliphatic hydroxyl groups is 1. The molecule has 0 unspecified atom stereocenters. The molecule has 2 N–H and O–H groups in total. The molecule has 20 heavy (non-hydrogen) atoms. The first-order valence-corrected chi connectivity index (χ1v) is 7.82. The van der Waals surface area contributed by atoms with Crippen LogP contribution in [0.25, 0.3) is 0 Å². The number of hydrogen-bond acceptors (Lipinski definition) is 4. The van der Waals surface area contributed by atoms with Crippen molar-refractivity contribution in [3.63, 3.8) is 0 Å². The minimum atomic E-state index is -0.561. The molecule has 1 aromatic rings. The Hall–Kier alpha value is -0.840. The lowest BCUT2D eigenvalue weighted by atomic mass is 9.60. The van der Waals surface area contributed by atoms with E-state index in [4.69, 9.17) is 9.15 Å². The highest BCUT2D eigenvalue weighted by atomic mass is 16.5. The first-order chi connectivity index (χ1) is 9.76. The Morgan fingerprint density at radius 2 is 2.30 bits per heavy atom. The third kappa shape index (κ3) is 2.41. The van der Waals surface area contributed by atoms with Gasteiger partial charge in [-0.15, -0.1) is 0 Å². The molecule has 0 aliphatic heterocycles. The Labute approximate surface area is 120 Å². The third-order valence-corrected chi connectivity index (χ3v) is 5.12. The Balaban J connectivity index is 1.55. The molecule has 0 radical (unpaired) electrons. The lowest BCUT2D eigenvalue weighted by Crippen LogP contribution is -2.63. The van der Waals surface area contributed by atoms with Crippen molar-refractivity contribution in [2.75, 3.05) is 13.2 Å². The van der Waals surface area contributed by atoms with Gasteiger partial charge in [0.05, 0.1) is 12.4 Å². The summed E-state index contributed by atoms with van der Waals surface area (Å²) in [6, 6.07) is 4.11. The van der Waals surface area contributed by atoms with Crippen molar-refractivity contribution in [1.82, 2.24) is 5.32 Å². The molecule has 3 atom stereocenters. The number of hydrogen-bond donors (Lipinski definition) is 2. The van der Waals surface area contributed by atoms with Crippen LogP contribution in [0.3, 0.4) is 0 Å². The first-order valence-electron chi connectivity index (χ1n) is 7.82. The molecule has 112 valence electrons. The van der Waals surface area contributed by atoms with Crippen molar-refractivity contribution in [1.29, 1.82) is 0 Å². The summed E-state index contributed by atoms with van der Waals surface area (Å²) in [5, 5.41) is 13.6. The molecular weight excluding hydrogens is 254 g/mol. The van der Waals surface area contributed by atoms with Gasteiger partial charge in [-0.25, -0.2) is 0 Å². The molecule has 1 aromatic heterocycles. The predicted molar refractivity (Wildman–Crippen MR) is 76.4 cm³/mol. The molecule has 4 heteroatoms. The zero-order valence-electron chi connectivity index (χ0n) is 12.2. The minimum Gasteiger partial charge on any atom is -0.467 e. The first kappa shape index (κ1) is 14.1. The van der Waals surface area contributed by atoms with E-state index in [0.29, 0.717) is 29.9 Å². The highest BCUT2D eigenvalue weighted by molar-refractivity contribution is 5.11. The van der Waals surface area contributed by atoms with Gasteiger partial charge in [-0.3, -0.25) is 0 Å². The highest BCUT2D eigenvalue weighted by Crippen LogP contribution is 2.54. The minimum absolute atomic E-state index is 0.318. The Bertz CT molecular complexity index is 411. The van der Waals surface area contributed by atoms with Crippen LogP contribution in [0.2, 0.25) is 0 Å². The molecule has 0 saturated heterocycles. The fourth-order valence-corrected chi connectivity index (χ4v) is 4.01. The maximum absolute atomic E-state index is 10.1. The van der Waals surface area contributed by atoms with Crippen LogP contribution in [-0.4, -0.2) is 30.4 Å². The maximum atomic E-state index is 10.1. The molecule has 2 aliphatic rings. The summed E-state index contributed by atoms with van der Waals surface area (Å²) in [5.41, 5.74) is 0.318. The van der Waals surface area contributed by atoms with E-state index in [1.807, 2.05) is 12.1 Å². The second kappa shape index (κ2) is 5.88. The van der Waals surface area contributed by atoms with E-state index in [0.717, 1.165) is 13.0 Å². The van der Waals surface area contributed by atoms with Crippen LogP contribution >= 0.6 is 0 Å². The molecule has 3 rings (SSSR count). The van der Waals surface area contributed by atoms with Gasteiger partial charge in [0.15, 0.2) is 0 Å². The van der Waals surface area contributed by atoms with Crippen LogP contribution in [0.15, 0.2) is 22.8 Å².